The number of nitrogens with one attached hydrogen (secondary N) is 1. The second kappa shape index (κ2) is 5.88. The molecule has 0 saturated carbocycles. The summed E-state index contributed by atoms with van der Waals surface area (Å²) in [5.74, 6) is -0.310. The first-order valence-corrected chi connectivity index (χ1v) is 6.41. The van der Waals surface area contributed by atoms with E-state index in [9.17, 15) is 9.90 Å². The molecule has 1 aliphatic rings. The molecule has 4 atom stereocenters. The average Bonchev–Trinajstić information content (AvgIpc) is 2.67. The molecule has 1 saturated heterocycles. The summed E-state index contributed by atoms with van der Waals surface area (Å²) < 4.78 is 5.36. The number of aliphatic hydroxyl groups excluding tert-OH is 2. The van der Waals surface area contributed by atoms with Crippen molar-refractivity contribution in [1.29, 1.82) is 0 Å². The molecule has 1 fully saturated rings. The van der Waals surface area contributed by atoms with E-state index in [2.05, 4.69) is 5.32 Å². The number of amides is 1. The Labute approximate surface area is 116 Å². The lowest BCUT2D eigenvalue weighted by atomic mass is 10.0. The first kappa shape index (κ1) is 14.3. The predicted molar refractivity (Wildman–Crippen MR) is 70.1 cm³/mol. The van der Waals surface area contributed by atoms with Crippen molar-refractivity contribution >= 4 is 17.5 Å². The quantitative estimate of drug-likeness (QED) is 0.759. The van der Waals surface area contributed by atoms with Gasteiger partial charge in [0.15, 0.2) is 0 Å². The fourth-order valence-electron chi connectivity index (χ4n) is 2.14. The van der Waals surface area contributed by atoms with Gasteiger partial charge in [0.1, 0.15) is 12.2 Å². The first-order chi connectivity index (χ1) is 9.02. The van der Waals surface area contributed by atoms with Crippen LogP contribution in [0.2, 0.25) is 5.02 Å². The van der Waals surface area contributed by atoms with Gasteiger partial charge in [-0.3, -0.25) is 4.79 Å². The number of benzene rings is 1. The van der Waals surface area contributed by atoms with Crippen molar-refractivity contribution in [3.8, 4) is 0 Å². The zero-order valence-electron chi connectivity index (χ0n) is 10.4. The predicted octanol–water partition coefficient (Wildman–Crippen LogP) is 0.579. The molecular weight excluding hydrogens is 270 g/mol. The van der Waals surface area contributed by atoms with Crippen molar-refractivity contribution in [2.45, 2.75) is 31.3 Å². The number of rotatable bonds is 3. The maximum atomic E-state index is 12.0. The summed E-state index contributed by atoms with van der Waals surface area (Å²) in [5, 5.41) is 22.2. The van der Waals surface area contributed by atoms with E-state index < -0.39 is 18.2 Å². The van der Waals surface area contributed by atoms with Crippen LogP contribution in [-0.4, -0.2) is 47.1 Å². The van der Waals surface area contributed by atoms with Crippen LogP contribution in [0.25, 0.3) is 0 Å². The van der Waals surface area contributed by atoms with E-state index in [4.69, 9.17) is 21.4 Å². The molecule has 0 aromatic heterocycles. The molecule has 2 rings (SSSR count). The third-order valence-electron chi connectivity index (χ3n) is 3.23. The minimum atomic E-state index is -0.920. The SMILES string of the molecule is C[C@@H]1O[C@H](CO)[C@H](O)C1NC(=O)c1ccc(Cl)cc1. The summed E-state index contributed by atoms with van der Waals surface area (Å²) in [5.41, 5.74) is 0.455. The normalized spacial score (nSPS) is 30.3. The Kier molecular flexibility index (Phi) is 4.42. The highest BCUT2D eigenvalue weighted by molar-refractivity contribution is 6.30. The molecule has 0 radical (unpaired) electrons. The van der Waals surface area contributed by atoms with Crippen LogP contribution in [0, 0.1) is 0 Å². The highest BCUT2D eigenvalue weighted by atomic mass is 35.5. The zero-order valence-corrected chi connectivity index (χ0v) is 11.2. The zero-order chi connectivity index (χ0) is 14.0. The number of ether oxygens (including phenoxy) is 1. The monoisotopic (exact) mass is 285 g/mol. The summed E-state index contributed by atoms with van der Waals surface area (Å²) in [6, 6.07) is 5.92. The smallest absolute Gasteiger partial charge is 0.251 e. The van der Waals surface area contributed by atoms with Gasteiger partial charge in [-0.25, -0.2) is 0 Å². The van der Waals surface area contributed by atoms with Crippen LogP contribution in [0.3, 0.4) is 0 Å². The van der Waals surface area contributed by atoms with Crippen molar-refractivity contribution < 1.29 is 19.7 Å². The summed E-state index contributed by atoms with van der Waals surface area (Å²) in [7, 11) is 0. The standard InChI is InChI=1S/C13H16ClNO4/c1-7-11(12(17)10(6-16)19-7)15-13(18)8-2-4-9(14)5-3-8/h2-5,7,10-12,16-17H,6H2,1H3,(H,15,18)/t7-,10+,11?,12-/m0/s1. The number of carbonyl (C=O) groups excluding carboxylic acids is 1. The highest BCUT2D eigenvalue weighted by Crippen LogP contribution is 2.21. The molecule has 1 aromatic carbocycles. The fourth-order valence-corrected chi connectivity index (χ4v) is 2.27. The number of carbonyl (C=O) groups is 1. The van der Waals surface area contributed by atoms with Crippen molar-refractivity contribution in [3.63, 3.8) is 0 Å². The van der Waals surface area contributed by atoms with Gasteiger partial charge in [0.05, 0.1) is 18.8 Å². The Morgan fingerprint density at radius 2 is 2.05 bits per heavy atom. The minimum absolute atomic E-state index is 0.279. The van der Waals surface area contributed by atoms with Crippen LogP contribution < -0.4 is 5.32 Å². The molecule has 1 aromatic rings. The molecule has 0 spiro atoms. The van der Waals surface area contributed by atoms with E-state index in [-0.39, 0.29) is 18.6 Å². The van der Waals surface area contributed by atoms with Crippen molar-refractivity contribution in [2.75, 3.05) is 6.61 Å². The third-order valence-corrected chi connectivity index (χ3v) is 3.48. The van der Waals surface area contributed by atoms with Gasteiger partial charge < -0.3 is 20.3 Å². The molecule has 19 heavy (non-hydrogen) atoms. The number of aliphatic hydroxyl groups is 2. The molecule has 5 nitrogen and oxygen atoms in total. The van der Waals surface area contributed by atoms with Crippen molar-refractivity contribution in [2.24, 2.45) is 0 Å². The largest absolute Gasteiger partial charge is 0.394 e. The van der Waals surface area contributed by atoms with Crippen molar-refractivity contribution in [3.05, 3.63) is 34.9 Å². The Morgan fingerprint density at radius 1 is 1.42 bits per heavy atom. The Balaban J connectivity index is 2.04. The lowest BCUT2D eigenvalue weighted by molar-refractivity contribution is -0.0170. The van der Waals surface area contributed by atoms with E-state index in [0.29, 0.717) is 10.6 Å². The third kappa shape index (κ3) is 3.06. The van der Waals surface area contributed by atoms with E-state index in [1.54, 1.807) is 31.2 Å². The fraction of sp³-hybridized carbons (Fsp3) is 0.462. The summed E-state index contributed by atoms with van der Waals surface area (Å²) in [6.45, 7) is 1.46. The lowest BCUT2D eigenvalue weighted by Crippen LogP contribution is -2.47. The Bertz CT molecular complexity index is 450. The van der Waals surface area contributed by atoms with E-state index >= 15 is 0 Å². The maximum absolute atomic E-state index is 12.0. The molecule has 1 aliphatic heterocycles. The molecule has 6 heteroatoms. The molecule has 1 amide bonds. The van der Waals surface area contributed by atoms with Crippen LogP contribution >= 0.6 is 11.6 Å². The molecule has 1 unspecified atom stereocenters. The molecular formula is C13H16ClNO4. The highest BCUT2D eigenvalue weighted by Gasteiger charge is 2.41. The number of hydrogen-bond acceptors (Lipinski definition) is 4. The summed E-state index contributed by atoms with van der Waals surface area (Å²) in [4.78, 5) is 12.0. The lowest BCUT2D eigenvalue weighted by Gasteiger charge is -2.19. The van der Waals surface area contributed by atoms with Crippen LogP contribution in [0.1, 0.15) is 17.3 Å². The van der Waals surface area contributed by atoms with Gasteiger partial charge in [0.25, 0.3) is 5.91 Å². The molecule has 0 bridgehead atoms. The second-order valence-electron chi connectivity index (χ2n) is 4.56. The average molecular weight is 286 g/mol. The van der Waals surface area contributed by atoms with E-state index in [0.717, 1.165) is 0 Å². The van der Waals surface area contributed by atoms with Gasteiger partial charge >= 0.3 is 0 Å². The molecule has 0 aliphatic carbocycles. The van der Waals surface area contributed by atoms with Gasteiger partial charge in [0, 0.05) is 10.6 Å². The first-order valence-electron chi connectivity index (χ1n) is 6.03. The van der Waals surface area contributed by atoms with Gasteiger partial charge in [-0.1, -0.05) is 11.6 Å². The van der Waals surface area contributed by atoms with Crippen LogP contribution in [0.5, 0.6) is 0 Å². The molecule has 1 heterocycles. The summed E-state index contributed by atoms with van der Waals surface area (Å²) >= 11 is 5.75. The van der Waals surface area contributed by atoms with Gasteiger partial charge in [0.2, 0.25) is 0 Å². The minimum Gasteiger partial charge on any atom is -0.394 e. The summed E-state index contributed by atoms with van der Waals surface area (Å²) in [6.07, 6.45) is -1.94. The molecule has 104 valence electrons. The van der Waals surface area contributed by atoms with Gasteiger partial charge in [-0.05, 0) is 31.2 Å². The number of halogens is 1. The van der Waals surface area contributed by atoms with Gasteiger partial charge in [-0.2, -0.15) is 0 Å². The van der Waals surface area contributed by atoms with E-state index in [1.165, 1.54) is 0 Å². The Morgan fingerprint density at radius 3 is 2.58 bits per heavy atom. The Hall–Kier alpha value is -1.14. The maximum Gasteiger partial charge on any atom is 0.251 e. The van der Waals surface area contributed by atoms with Crippen molar-refractivity contribution in [1.82, 2.24) is 5.32 Å². The van der Waals surface area contributed by atoms with Crippen LogP contribution in [0.15, 0.2) is 24.3 Å². The number of hydrogen-bond donors (Lipinski definition) is 3. The van der Waals surface area contributed by atoms with E-state index in [1.807, 2.05) is 0 Å². The van der Waals surface area contributed by atoms with Gasteiger partial charge in [-0.15, -0.1) is 0 Å². The van der Waals surface area contributed by atoms with Crippen LogP contribution in [0.4, 0.5) is 0 Å². The molecule has 3 N–H and O–H groups in total. The topological polar surface area (TPSA) is 78.8 Å². The van der Waals surface area contributed by atoms with Crippen LogP contribution in [-0.2, 0) is 4.74 Å². The second-order valence-corrected chi connectivity index (χ2v) is 5.00.